The fraction of sp³-hybridized carbons (Fsp3) is 0.0137. The average molecular weight is 1030 g/mol. The Hall–Kier alpha value is -10.4. The van der Waals surface area contributed by atoms with Crippen LogP contribution in [0.3, 0.4) is 0 Å². The molecular weight excluding hydrogens is 949 g/mol. The van der Waals surface area contributed by atoms with Crippen molar-refractivity contribution < 1.29 is 46.3 Å². The second-order valence-electron chi connectivity index (χ2n) is 17.6. The van der Waals surface area contributed by atoms with Crippen molar-refractivity contribution in [1.29, 1.82) is 0 Å². The minimum atomic E-state index is -1.14. The predicted molar refractivity (Wildman–Crippen MR) is 320 cm³/mol. The summed E-state index contributed by atoms with van der Waals surface area (Å²) in [6, 6.07) is 6.91. The van der Waals surface area contributed by atoms with Crippen LogP contribution >= 0.6 is 0 Å². The van der Waals surface area contributed by atoms with Crippen molar-refractivity contribution >= 4 is 32.8 Å². The minimum absolute atomic E-state index is 0.0217. The molecule has 0 aliphatic heterocycles. The highest BCUT2D eigenvalue weighted by atomic mass is 16.5. The molecule has 0 amide bonds. The number of imidazole rings is 1. The summed E-state index contributed by atoms with van der Waals surface area (Å²) in [7, 11) is 0. The van der Waals surface area contributed by atoms with Crippen LogP contribution in [0.4, 0.5) is 0 Å². The van der Waals surface area contributed by atoms with Crippen LogP contribution in [-0.2, 0) is 0 Å². The largest absolute Gasteiger partial charge is 0.458 e. The lowest BCUT2D eigenvalue weighted by Crippen LogP contribution is -2.31. The molecule has 0 unspecified atom stereocenters. The molecule has 0 saturated carbocycles. The quantitative estimate of drug-likeness (QED) is 0.0956. The van der Waals surface area contributed by atoms with E-state index >= 15 is 0 Å². The highest BCUT2D eigenvalue weighted by Gasteiger charge is 2.22. The molecular formula is C73H50N4O. The second-order valence-corrected chi connectivity index (χ2v) is 17.6. The van der Waals surface area contributed by atoms with Crippen LogP contribution in [0, 0.1) is 13.3 Å². The molecule has 5 heteroatoms. The third kappa shape index (κ3) is 8.59. The zero-order valence-corrected chi connectivity index (χ0v) is 40.7. The highest BCUT2D eigenvalue weighted by molar-refractivity contribution is 6.09. The first-order valence-electron chi connectivity index (χ1n) is 37.7. The molecule has 0 aliphatic rings. The molecule has 14 aromatic rings. The maximum atomic E-state index is 10.4. The van der Waals surface area contributed by atoms with E-state index in [1.54, 1.807) is 60.8 Å². The predicted octanol–water partition coefficient (Wildman–Crippen LogP) is 18.3. The number of nitrogens with zero attached hydrogens (tertiary/aromatic N) is 4. The first-order valence-corrected chi connectivity index (χ1v) is 24.2. The Bertz CT molecular complexity index is 6010. The molecule has 3 heterocycles. The van der Waals surface area contributed by atoms with E-state index in [1.807, 2.05) is 53.1 Å². The van der Waals surface area contributed by atoms with Gasteiger partial charge >= 0.3 is 0 Å². The lowest BCUT2D eigenvalue weighted by atomic mass is 9.88. The van der Waals surface area contributed by atoms with Crippen molar-refractivity contribution in [3.05, 3.63) is 296 Å². The molecule has 368 valence electrons. The van der Waals surface area contributed by atoms with E-state index in [4.69, 9.17) is 19.8 Å². The van der Waals surface area contributed by atoms with E-state index in [2.05, 4.69) is 11.3 Å². The van der Waals surface area contributed by atoms with Crippen molar-refractivity contribution in [2.75, 3.05) is 0 Å². The van der Waals surface area contributed by atoms with Crippen LogP contribution in [0.2, 0.25) is 0 Å². The van der Waals surface area contributed by atoms with Gasteiger partial charge in [-0.3, -0.25) is 13.7 Å². The van der Waals surface area contributed by atoms with Crippen LogP contribution in [0.5, 0.6) is 11.5 Å². The zero-order valence-electron chi connectivity index (χ0n) is 67.7. The number of hydrogen-bond acceptors (Lipinski definition) is 2. The number of aromatic nitrogens is 4. The Morgan fingerprint density at radius 1 is 0.436 bits per heavy atom. The summed E-state index contributed by atoms with van der Waals surface area (Å²) >= 11 is 0. The lowest BCUT2D eigenvalue weighted by molar-refractivity contribution is -0.571. The van der Waals surface area contributed by atoms with E-state index in [0.29, 0.717) is 11.6 Å². The number of rotatable bonds is 11. The molecule has 0 radical (unpaired) electrons. The first kappa shape index (κ1) is 25.9. The van der Waals surface area contributed by atoms with Crippen molar-refractivity contribution in [3.8, 4) is 95.5 Å². The Morgan fingerprint density at radius 2 is 1.01 bits per heavy atom. The Morgan fingerprint density at radius 3 is 1.71 bits per heavy atom. The van der Waals surface area contributed by atoms with Crippen LogP contribution in [0.15, 0.2) is 285 Å². The molecule has 3 aromatic heterocycles. The molecule has 11 aromatic carbocycles. The molecule has 14 rings (SSSR count). The first-order chi connectivity index (χ1) is 49.8. The summed E-state index contributed by atoms with van der Waals surface area (Å²) in [6.07, 6.45) is 4.94. The Labute approximate surface area is 491 Å². The van der Waals surface area contributed by atoms with Gasteiger partial charge in [0, 0.05) is 23.0 Å². The molecule has 5 nitrogen and oxygen atoms in total. The normalized spacial score (nSPS) is 16.2. The van der Waals surface area contributed by atoms with Gasteiger partial charge in [0.05, 0.1) is 70.5 Å². The number of benzene rings is 11. The van der Waals surface area contributed by atoms with Gasteiger partial charge in [0.25, 0.3) is 6.33 Å². The molecule has 0 aliphatic carbocycles. The van der Waals surface area contributed by atoms with Gasteiger partial charge in [-0.15, -0.1) is 0 Å². The Balaban J connectivity index is 1.15. The highest BCUT2D eigenvalue weighted by Crippen LogP contribution is 2.42. The van der Waals surface area contributed by atoms with Crippen LogP contribution in [-0.4, -0.2) is 14.1 Å². The third-order valence-electron chi connectivity index (χ3n) is 12.8. The maximum Gasteiger partial charge on any atom is 0.269 e. The molecule has 78 heavy (non-hydrogen) atoms. The molecule has 0 bridgehead atoms. The topological polar surface area (TPSA) is 35.9 Å². The van der Waals surface area contributed by atoms with E-state index < -0.39 is 236 Å². The van der Waals surface area contributed by atoms with Gasteiger partial charge in [-0.2, -0.15) is 0 Å². The van der Waals surface area contributed by atoms with Crippen molar-refractivity contribution in [3.63, 3.8) is 0 Å². The number of ether oxygens (including phenoxy) is 1. The summed E-state index contributed by atoms with van der Waals surface area (Å²) in [4.78, 5) is 4.65. The number of para-hydroxylation sites is 4. The van der Waals surface area contributed by atoms with E-state index in [-0.39, 0.29) is 28.0 Å². The van der Waals surface area contributed by atoms with Gasteiger partial charge in [-0.1, -0.05) is 193 Å². The number of pyridine rings is 1. The zero-order chi connectivity index (χ0) is 75.4. The van der Waals surface area contributed by atoms with Gasteiger partial charge < -0.3 is 4.74 Å². The van der Waals surface area contributed by atoms with Crippen molar-refractivity contribution in [2.45, 2.75) is 6.92 Å². The number of fused-ring (bicyclic) bond motifs is 4. The van der Waals surface area contributed by atoms with Crippen LogP contribution < -0.4 is 9.30 Å². The smallest absolute Gasteiger partial charge is 0.269 e. The summed E-state index contributed by atoms with van der Waals surface area (Å²) in [5.74, 6) is 1.27. The molecule has 0 spiro atoms. The fourth-order valence-electron chi connectivity index (χ4n) is 9.33. The maximum absolute atomic E-state index is 10.4. The van der Waals surface area contributed by atoms with E-state index in [0.717, 1.165) is 32.4 Å². The van der Waals surface area contributed by atoms with Crippen LogP contribution in [0.25, 0.3) is 117 Å². The van der Waals surface area contributed by atoms with Gasteiger partial charge in [-0.05, 0) is 158 Å². The summed E-state index contributed by atoms with van der Waals surface area (Å²) in [5.41, 5.74) is -8.81. The van der Waals surface area contributed by atoms with Gasteiger partial charge in [-0.25, -0.2) is 4.98 Å². The minimum Gasteiger partial charge on any atom is -0.458 e. The second kappa shape index (κ2) is 19.7. The van der Waals surface area contributed by atoms with Crippen LogP contribution in [0.1, 0.15) is 42.6 Å². The fourth-order valence-corrected chi connectivity index (χ4v) is 9.33. The van der Waals surface area contributed by atoms with Gasteiger partial charge in [0.1, 0.15) is 17.3 Å². The Kier molecular flexibility index (Phi) is 6.56. The molecule has 0 atom stereocenters. The van der Waals surface area contributed by atoms with Gasteiger partial charge in [0.15, 0.2) is 0 Å². The molecule has 0 saturated heterocycles. The summed E-state index contributed by atoms with van der Waals surface area (Å²) in [5, 5.41) is 1.84. The number of hydrogen-bond donors (Lipinski definition) is 0. The summed E-state index contributed by atoms with van der Waals surface area (Å²) in [6.45, 7) is 1.29. The standard InChI is InChI=1S/C73H50N4O/c1-50-34-36-54(37-35-50)58-42-57(53-23-9-4-10-24-53)45-60(46-58)65-29-18-28-64(59-43-55(51-19-5-2-6-20-51)41-56(44-59)52-21-7-3-8-22-52)73(65)76-49-75(69-31-13-14-32-70(69)76)61-25-17-26-62(47-61)78-63-38-39-67-66-27-11-12-30-68(66)77(71(67)48-63)72-33-15-16-40-74-72/h2-48H,1H3/i2D,3D,4D,5D,6D,7D,8D,9D,10D,18D,19D,20D,21D,22D,23D,28D,29D,34D,35D,36D,37D,41D,42D,43D,44D,45D,46D. The lowest BCUT2D eigenvalue weighted by Gasteiger charge is -2.20. The van der Waals surface area contributed by atoms with Crippen molar-refractivity contribution in [2.24, 2.45) is 0 Å². The van der Waals surface area contributed by atoms with Gasteiger partial charge in [0.2, 0.25) is 0 Å². The molecule has 0 fully saturated rings. The van der Waals surface area contributed by atoms with E-state index in [1.165, 1.54) is 17.6 Å². The van der Waals surface area contributed by atoms with Crippen molar-refractivity contribution in [1.82, 2.24) is 14.1 Å². The summed E-state index contributed by atoms with van der Waals surface area (Å²) < 4.78 is 265. The average Bonchev–Trinajstić information content (AvgIpc) is 1.41. The monoisotopic (exact) mass is 1030 g/mol. The third-order valence-corrected chi connectivity index (χ3v) is 12.8. The SMILES string of the molecule is [2H]c1cc(-c2c([2H])c(-c3c([2H])c([2H])c(C)c([2H])c3[2H])c([2H])c(-c3c([2H])c([2H])c([2H])c(-c4c([2H])c(-c5c([2H])c([2H])c([2H])c([2H])c5[2H])c([2H])c(-c5c([2H])c([2H])c([2H])c([2H])c5[2H])c4[2H])c3-[n+]3[c-]n(-c4cccc(Oc5ccc6c7ccccc7n(-c7ccccn7)c6c5)c4)c4ccccc43)c2[2H])c([2H])c([2H])c1[2H]. The molecule has 0 N–H and O–H groups in total. The van der Waals surface area contributed by atoms with E-state index in [9.17, 15) is 21.9 Å².